The standard InChI is InChI=1S/C15H19BrN2S/c1-18(11-12-5-4-10-19-12)9-8-15(17)13-6-2-3-7-14(13)16/h2-7,10,15H,8-9,11,17H2,1H3. The van der Waals surface area contributed by atoms with E-state index in [4.69, 9.17) is 5.73 Å². The largest absolute Gasteiger partial charge is 0.324 e. The first-order valence-electron chi connectivity index (χ1n) is 6.37. The van der Waals surface area contributed by atoms with E-state index < -0.39 is 0 Å². The summed E-state index contributed by atoms with van der Waals surface area (Å²) < 4.78 is 1.10. The van der Waals surface area contributed by atoms with Gasteiger partial charge in [-0.05, 0) is 36.5 Å². The molecule has 0 aliphatic carbocycles. The minimum Gasteiger partial charge on any atom is -0.324 e. The van der Waals surface area contributed by atoms with Gasteiger partial charge in [0.2, 0.25) is 0 Å². The number of thiophene rings is 1. The maximum Gasteiger partial charge on any atom is 0.0324 e. The average Bonchev–Trinajstić information content (AvgIpc) is 2.89. The average molecular weight is 339 g/mol. The van der Waals surface area contributed by atoms with E-state index in [1.54, 1.807) is 11.3 Å². The van der Waals surface area contributed by atoms with E-state index in [0.717, 1.165) is 24.0 Å². The number of nitrogens with two attached hydrogens (primary N) is 1. The van der Waals surface area contributed by atoms with Crippen LogP contribution in [0.5, 0.6) is 0 Å². The summed E-state index contributed by atoms with van der Waals surface area (Å²) in [6.45, 7) is 2.00. The van der Waals surface area contributed by atoms with Gasteiger partial charge in [0.1, 0.15) is 0 Å². The Morgan fingerprint density at radius 2 is 2.05 bits per heavy atom. The highest BCUT2D eigenvalue weighted by Gasteiger charge is 2.10. The van der Waals surface area contributed by atoms with Gasteiger partial charge in [-0.15, -0.1) is 11.3 Å². The maximum atomic E-state index is 6.26. The Balaban J connectivity index is 1.83. The van der Waals surface area contributed by atoms with Crippen molar-refractivity contribution in [3.63, 3.8) is 0 Å². The summed E-state index contributed by atoms with van der Waals surface area (Å²) in [5.74, 6) is 0. The quantitative estimate of drug-likeness (QED) is 0.861. The molecule has 2 N–H and O–H groups in total. The number of halogens is 1. The number of nitrogens with zero attached hydrogens (tertiary/aromatic N) is 1. The van der Waals surface area contributed by atoms with Crippen LogP contribution in [-0.2, 0) is 6.54 Å². The van der Waals surface area contributed by atoms with E-state index in [2.05, 4.69) is 51.5 Å². The van der Waals surface area contributed by atoms with Crippen molar-refractivity contribution >= 4 is 27.3 Å². The van der Waals surface area contributed by atoms with Gasteiger partial charge < -0.3 is 10.6 Å². The van der Waals surface area contributed by atoms with E-state index in [9.17, 15) is 0 Å². The van der Waals surface area contributed by atoms with Gasteiger partial charge in [0.15, 0.2) is 0 Å². The van der Waals surface area contributed by atoms with Gasteiger partial charge in [0, 0.05) is 28.5 Å². The highest BCUT2D eigenvalue weighted by Crippen LogP contribution is 2.23. The van der Waals surface area contributed by atoms with Crippen LogP contribution in [-0.4, -0.2) is 18.5 Å². The summed E-state index contributed by atoms with van der Waals surface area (Å²) >= 11 is 5.36. The first kappa shape index (κ1) is 14.7. The Morgan fingerprint density at radius 3 is 2.74 bits per heavy atom. The van der Waals surface area contributed by atoms with Crippen LogP contribution in [0.2, 0.25) is 0 Å². The molecule has 0 aliphatic rings. The van der Waals surface area contributed by atoms with Gasteiger partial charge >= 0.3 is 0 Å². The second-order valence-electron chi connectivity index (χ2n) is 4.73. The Kier molecular flexibility index (Phi) is 5.58. The molecule has 19 heavy (non-hydrogen) atoms. The lowest BCUT2D eigenvalue weighted by Gasteiger charge is -2.19. The molecule has 1 atom stereocenters. The van der Waals surface area contributed by atoms with Crippen molar-refractivity contribution in [2.45, 2.75) is 19.0 Å². The molecule has 0 fully saturated rings. The fraction of sp³-hybridized carbons (Fsp3) is 0.333. The van der Waals surface area contributed by atoms with Crippen molar-refractivity contribution in [3.8, 4) is 0 Å². The van der Waals surface area contributed by atoms with Crippen LogP contribution in [0.4, 0.5) is 0 Å². The van der Waals surface area contributed by atoms with E-state index in [1.807, 2.05) is 18.2 Å². The molecular formula is C15H19BrN2S. The summed E-state index contributed by atoms with van der Waals surface area (Å²) in [6.07, 6.45) is 0.963. The number of rotatable bonds is 6. The minimum atomic E-state index is 0.0846. The van der Waals surface area contributed by atoms with Crippen LogP contribution in [0.1, 0.15) is 22.9 Å². The zero-order valence-corrected chi connectivity index (χ0v) is 13.5. The van der Waals surface area contributed by atoms with Gasteiger partial charge in [-0.1, -0.05) is 40.2 Å². The van der Waals surface area contributed by atoms with Gasteiger partial charge in [-0.2, -0.15) is 0 Å². The van der Waals surface area contributed by atoms with Crippen LogP contribution < -0.4 is 5.73 Å². The lowest BCUT2D eigenvalue weighted by molar-refractivity contribution is 0.314. The van der Waals surface area contributed by atoms with Crippen LogP contribution in [0.25, 0.3) is 0 Å². The fourth-order valence-corrected chi connectivity index (χ4v) is 3.40. The van der Waals surface area contributed by atoms with Crippen molar-refractivity contribution < 1.29 is 0 Å². The molecular weight excluding hydrogens is 320 g/mol. The molecule has 102 valence electrons. The van der Waals surface area contributed by atoms with Crippen LogP contribution >= 0.6 is 27.3 Å². The lowest BCUT2D eigenvalue weighted by atomic mass is 10.0. The van der Waals surface area contributed by atoms with Crippen molar-refractivity contribution in [2.75, 3.05) is 13.6 Å². The molecule has 0 spiro atoms. The molecule has 0 saturated carbocycles. The van der Waals surface area contributed by atoms with Crippen LogP contribution in [0, 0.1) is 0 Å². The van der Waals surface area contributed by atoms with Crippen molar-refractivity contribution in [1.29, 1.82) is 0 Å². The highest BCUT2D eigenvalue weighted by molar-refractivity contribution is 9.10. The Bertz CT molecular complexity index is 499. The highest BCUT2D eigenvalue weighted by atomic mass is 79.9. The third-order valence-corrected chi connectivity index (χ3v) is 4.72. The van der Waals surface area contributed by atoms with Gasteiger partial charge in [-0.3, -0.25) is 0 Å². The van der Waals surface area contributed by atoms with Crippen molar-refractivity contribution in [3.05, 3.63) is 56.7 Å². The molecule has 2 nitrogen and oxygen atoms in total. The van der Waals surface area contributed by atoms with Gasteiger partial charge in [-0.25, -0.2) is 0 Å². The van der Waals surface area contributed by atoms with E-state index in [-0.39, 0.29) is 6.04 Å². The molecule has 0 radical (unpaired) electrons. The topological polar surface area (TPSA) is 29.3 Å². The number of hydrogen-bond acceptors (Lipinski definition) is 3. The summed E-state index contributed by atoms with van der Waals surface area (Å²) in [5.41, 5.74) is 7.45. The smallest absolute Gasteiger partial charge is 0.0324 e. The van der Waals surface area contributed by atoms with Crippen molar-refractivity contribution in [1.82, 2.24) is 4.90 Å². The normalized spacial score (nSPS) is 12.8. The Labute approximate surface area is 127 Å². The lowest BCUT2D eigenvalue weighted by Crippen LogP contribution is -2.23. The first-order valence-corrected chi connectivity index (χ1v) is 8.05. The predicted molar refractivity (Wildman–Crippen MR) is 86.3 cm³/mol. The van der Waals surface area contributed by atoms with E-state index >= 15 is 0 Å². The molecule has 1 aromatic heterocycles. The van der Waals surface area contributed by atoms with Crippen molar-refractivity contribution in [2.24, 2.45) is 5.73 Å². The molecule has 0 bridgehead atoms. The molecule has 1 unspecified atom stereocenters. The van der Waals surface area contributed by atoms with Crippen LogP contribution in [0.3, 0.4) is 0 Å². The molecule has 2 aromatic rings. The second-order valence-corrected chi connectivity index (χ2v) is 6.62. The molecule has 0 amide bonds. The monoisotopic (exact) mass is 338 g/mol. The molecule has 4 heteroatoms. The summed E-state index contributed by atoms with van der Waals surface area (Å²) in [5, 5.41) is 2.12. The zero-order valence-electron chi connectivity index (χ0n) is 11.1. The Hall–Kier alpha value is -0.680. The third-order valence-electron chi connectivity index (χ3n) is 3.13. The molecule has 0 aliphatic heterocycles. The predicted octanol–water partition coefficient (Wildman–Crippen LogP) is 4.03. The summed E-state index contributed by atoms with van der Waals surface area (Å²) in [4.78, 5) is 3.72. The number of benzene rings is 1. The fourth-order valence-electron chi connectivity index (χ4n) is 2.04. The first-order chi connectivity index (χ1) is 9.16. The molecule has 0 saturated heterocycles. The summed E-state index contributed by atoms with van der Waals surface area (Å²) in [7, 11) is 2.15. The van der Waals surface area contributed by atoms with Crippen LogP contribution in [0.15, 0.2) is 46.3 Å². The maximum absolute atomic E-state index is 6.26. The van der Waals surface area contributed by atoms with Gasteiger partial charge in [0.05, 0.1) is 0 Å². The summed E-state index contributed by atoms with van der Waals surface area (Å²) in [6, 6.07) is 12.5. The van der Waals surface area contributed by atoms with E-state index in [1.165, 1.54) is 10.4 Å². The third kappa shape index (κ3) is 4.42. The molecule has 1 aromatic carbocycles. The Morgan fingerprint density at radius 1 is 1.26 bits per heavy atom. The van der Waals surface area contributed by atoms with Gasteiger partial charge in [0.25, 0.3) is 0 Å². The second kappa shape index (κ2) is 7.20. The molecule has 2 rings (SSSR count). The minimum absolute atomic E-state index is 0.0846. The van der Waals surface area contributed by atoms with E-state index in [0.29, 0.717) is 0 Å². The SMILES string of the molecule is CN(CCC(N)c1ccccc1Br)Cc1cccs1. The zero-order chi connectivity index (χ0) is 13.7. The molecule has 1 heterocycles. The number of hydrogen-bond donors (Lipinski definition) is 1.